The highest BCUT2D eigenvalue weighted by Gasteiger charge is 2.21. The van der Waals surface area contributed by atoms with Gasteiger partial charge in [0.1, 0.15) is 0 Å². The van der Waals surface area contributed by atoms with Crippen LogP contribution in [0, 0.1) is 5.92 Å². The highest BCUT2D eigenvalue weighted by molar-refractivity contribution is 7.80. The molecule has 0 fully saturated rings. The summed E-state index contributed by atoms with van der Waals surface area (Å²) in [5, 5.41) is 0.489. The molecule has 0 bridgehead atoms. The summed E-state index contributed by atoms with van der Waals surface area (Å²) in [7, 11) is 4.68. The molecule has 0 aromatic heterocycles. The van der Waals surface area contributed by atoms with Gasteiger partial charge in [-0.3, -0.25) is 0 Å². The summed E-state index contributed by atoms with van der Waals surface area (Å²) < 4.78 is 16.1. The number of rotatable bonds is 7. The molecule has 2 N–H and O–H groups in total. The molecule has 1 aromatic carbocycles. The average molecular weight is 318 g/mol. The minimum Gasteiger partial charge on any atom is -0.492 e. The van der Waals surface area contributed by atoms with E-state index >= 15 is 0 Å². The zero-order chi connectivity index (χ0) is 15.3. The lowest BCUT2D eigenvalue weighted by atomic mass is 9.97. The van der Waals surface area contributed by atoms with Crippen molar-refractivity contribution in [3.05, 3.63) is 16.7 Å². The van der Waals surface area contributed by atoms with Crippen molar-refractivity contribution in [1.29, 1.82) is 0 Å². The summed E-state index contributed by atoms with van der Waals surface area (Å²) in [6, 6.07) is 1.83. The number of ether oxygens (including phenoxy) is 3. The molecule has 112 valence electrons. The van der Waals surface area contributed by atoms with E-state index in [0.29, 0.717) is 33.7 Å². The van der Waals surface area contributed by atoms with Crippen molar-refractivity contribution >= 4 is 28.8 Å². The lowest BCUT2D eigenvalue weighted by Gasteiger charge is -2.19. The summed E-state index contributed by atoms with van der Waals surface area (Å²) in [4.78, 5) is 0.503. The summed E-state index contributed by atoms with van der Waals surface area (Å²) in [5.74, 6) is 1.89. The molecule has 1 atom stereocenters. The van der Waals surface area contributed by atoms with Gasteiger partial charge in [0.05, 0.1) is 31.3 Å². The van der Waals surface area contributed by atoms with Crippen LogP contribution in [0.1, 0.15) is 18.9 Å². The zero-order valence-corrected chi connectivity index (χ0v) is 13.7. The van der Waals surface area contributed by atoms with Gasteiger partial charge in [-0.2, -0.15) is 0 Å². The lowest BCUT2D eigenvalue weighted by Crippen LogP contribution is -2.14. The van der Waals surface area contributed by atoms with Gasteiger partial charge in [-0.15, -0.1) is 0 Å². The number of benzene rings is 1. The molecule has 1 aromatic rings. The fraction of sp³-hybridized carbons (Fsp3) is 0.500. The minimum atomic E-state index is 0.288. The molecule has 1 rings (SSSR count). The van der Waals surface area contributed by atoms with Gasteiger partial charge in [-0.25, -0.2) is 0 Å². The Morgan fingerprint density at radius 3 is 2.20 bits per heavy atom. The predicted molar refractivity (Wildman–Crippen MR) is 85.4 cm³/mol. The van der Waals surface area contributed by atoms with Crippen molar-refractivity contribution in [2.45, 2.75) is 19.8 Å². The van der Waals surface area contributed by atoms with Gasteiger partial charge in [0.25, 0.3) is 0 Å². The second-order valence-corrected chi connectivity index (χ2v) is 5.53. The Bertz CT molecular complexity index is 494. The number of thiocarbonyl (C=S) groups is 1. The lowest BCUT2D eigenvalue weighted by molar-refractivity contribution is 0.321. The van der Waals surface area contributed by atoms with Crippen LogP contribution in [0.2, 0.25) is 5.02 Å². The molecule has 1 unspecified atom stereocenters. The molecule has 4 nitrogen and oxygen atoms in total. The maximum atomic E-state index is 6.22. The van der Waals surface area contributed by atoms with Crippen LogP contribution in [0.5, 0.6) is 17.2 Å². The van der Waals surface area contributed by atoms with Crippen LogP contribution >= 0.6 is 23.8 Å². The fourth-order valence-electron chi connectivity index (χ4n) is 2.18. The van der Waals surface area contributed by atoms with Crippen molar-refractivity contribution in [3.8, 4) is 17.2 Å². The monoisotopic (exact) mass is 317 g/mol. The highest BCUT2D eigenvalue weighted by Crippen LogP contribution is 2.45. The quantitative estimate of drug-likeness (QED) is 0.783. The standard InChI is InChI=1S/C14H20ClNO3S/c1-8(6-11(16)20)5-9-7-10(15)13(18-3)14(19-4)12(9)17-2/h7-8H,5-6H2,1-4H3,(H2,16,20). The normalized spacial score (nSPS) is 11.8. The first-order valence-electron chi connectivity index (χ1n) is 6.20. The van der Waals surface area contributed by atoms with Gasteiger partial charge in [-0.1, -0.05) is 30.7 Å². The molecule has 0 radical (unpaired) electrons. The SMILES string of the molecule is COc1c(Cl)cc(CC(C)CC(N)=S)c(OC)c1OC. The molecule has 0 heterocycles. The van der Waals surface area contributed by atoms with Crippen molar-refractivity contribution < 1.29 is 14.2 Å². The van der Waals surface area contributed by atoms with Crippen molar-refractivity contribution in [3.63, 3.8) is 0 Å². The van der Waals surface area contributed by atoms with E-state index in [-0.39, 0.29) is 5.92 Å². The van der Waals surface area contributed by atoms with E-state index in [4.69, 9.17) is 43.8 Å². The van der Waals surface area contributed by atoms with E-state index in [1.807, 2.05) is 6.07 Å². The molecule has 0 saturated carbocycles. The first-order chi connectivity index (χ1) is 9.44. The Morgan fingerprint density at radius 2 is 1.75 bits per heavy atom. The van der Waals surface area contributed by atoms with Crippen molar-refractivity contribution in [2.75, 3.05) is 21.3 Å². The van der Waals surface area contributed by atoms with Crippen LogP contribution in [0.15, 0.2) is 6.07 Å². The fourth-order valence-corrected chi connectivity index (χ4v) is 2.76. The summed E-state index contributed by atoms with van der Waals surface area (Å²) >= 11 is 11.2. The maximum Gasteiger partial charge on any atom is 0.205 e. The predicted octanol–water partition coefficient (Wildman–Crippen LogP) is 3.22. The van der Waals surface area contributed by atoms with E-state index in [9.17, 15) is 0 Å². The molecule has 0 aliphatic heterocycles. The van der Waals surface area contributed by atoms with Gasteiger partial charge < -0.3 is 19.9 Å². The second-order valence-electron chi connectivity index (χ2n) is 4.60. The topological polar surface area (TPSA) is 53.7 Å². The van der Waals surface area contributed by atoms with E-state index in [2.05, 4.69) is 6.92 Å². The maximum absolute atomic E-state index is 6.22. The third-order valence-corrected chi connectivity index (χ3v) is 3.40. The van der Waals surface area contributed by atoms with E-state index in [1.54, 1.807) is 21.3 Å². The molecule has 0 saturated heterocycles. The Hall–Kier alpha value is -1.20. The van der Waals surface area contributed by atoms with Gasteiger partial charge in [-0.05, 0) is 18.4 Å². The number of hydrogen-bond acceptors (Lipinski definition) is 4. The molecule has 0 amide bonds. The third-order valence-electron chi connectivity index (χ3n) is 2.95. The molecule has 6 heteroatoms. The van der Waals surface area contributed by atoms with Crippen LogP contribution in [-0.2, 0) is 6.42 Å². The Kier molecular flexibility index (Phi) is 6.36. The summed E-state index contributed by atoms with van der Waals surface area (Å²) in [6.45, 7) is 2.07. The van der Waals surface area contributed by atoms with Crippen molar-refractivity contribution in [1.82, 2.24) is 0 Å². The average Bonchev–Trinajstić information content (AvgIpc) is 2.36. The summed E-state index contributed by atoms with van der Waals surface area (Å²) in [5.41, 5.74) is 6.52. The Morgan fingerprint density at radius 1 is 1.20 bits per heavy atom. The summed E-state index contributed by atoms with van der Waals surface area (Å²) in [6.07, 6.45) is 1.41. The first-order valence-corrected chi connectivity index (χ1v) is 6.98. The van der Waals surface area contributed by atoms with Crippen LogP contribution < -0.4 is 19.9 Å². The number of nitrogens with two attached hydrogens (primary N) is 1. The van der Waals surface area contributed by atoms with Crippen molar-refractivity contribution in [2.24, 2.45) is 11.7 Å². The molecule has 20 heavy (non-hydrogen) atoms. The van der Waals surface area contributed by atoms with Crippen LogP contribution in [0.3, 0.4) is 0 Å². The molecular formula is C14H20ClNO3S. The van der Waals surface area contributed by atoms with Gasteiger partial charge in [0, 0.05) is 12.0 Å². The minimum absolute atomic E-state index is 0.288. The van der Waals surface area contributed by atoms with E-state index in [0.717, 1.165) is 12.0 Å². The van der Waals surface area contributed by atoms with Gasteiger partial charge in [0.15, 0.2) is 11.5 Å². The van der Waals surface area contributed by atoms with Crippen LogP contribution in [-0.4, -0.2) is 26.3 Å². The highest BCUT2D eigenvalue weighted by atomic mass is 35.5. The zero-order valence-electron chi connectivity index (χ0n) is 12.2. The van der Waals surface area contributed by atoms with Gasteiger partial charge in [0.2, 0.25) is 5.75 Å². The van der Waals surface area contributed by atoms with Gasteiger partial charge >= 0.3 is 0 Å². The number of methoxy groups -OCH3 is 3. The molecule has 0 aliphatic carbocycles. The van der Waals surface area contributed by atoms with E-state index in [1.165, 1.54) is 0 Å². The largest absolute Gasteiger partial charge is 0.492 e. The molecular weight excluding hydrogens is 298 g/mol. The Balaban J connectivity index is 3.19. The Labute approximate surface area is 130 Å². The first kappa shape index (κ1) is 16.9. The van der Waals surface area contributed by atoms with E-state index < -0.39 is 0 Å². The smallest absolute Gasteiger partial charge is 0.205 e. The second kappa shape index (κ2) is 7.55. The third kappa shape index (κ3) is 3.90. The van der Waals surface area contributed by atoms with Crippen LogP contribution in [0.4, 0.5) is 0 Å². The number of halogens is 1. The number of hydrogen-bond donors (Lipinski definition) is 1. The molecule has 0 spiro atoms. The van der Waals surface area contributed by atoms with Crippen LogP contribution in [0.25, 0.3) is 0 Å². The molecule has 0 aliphatic rings.